The van der Waals surface area contributed by atoms with Gasteiger partial charge in [-0.2, -0.15) is 4.99 Å². The number of carbonyl (C=O) groups excluding carboxylic acids is 2. The van der Waals surface area contributed by atoms with Crippen LogP contribution in [-0.2, 0) is 11.3 Å². The van der Waals surface area contributed by atoms with E-state index in [1.54, 1.807) is 44.0 Å². The second kappa shape index (κ2) is 12.9. The molecule has 0 radical (unpaired) electrons. The number of fused-ring (bicyclic) bond motifs is 1. The number of guanidine groups is 1. The fourth-order valence-electron chi connectivity index (χ4n) is 4.46. The Hall–Kier alpha value is -4.64. The van der Waals surface area contributed by atoms with E-state index in [1.807, 2.05) is 56.3 Å². The number of anilines is 1. The minimum absolute atomic E-state index is 0.182. The second-order valence-corrected chi connectivity index (χ2v) is 10.7. The minimum atomic E-state index is -0.698. The molecule has 11 nitrogen and oxygen atoms in total. The minimum Gasteiger partial charge on any atom is -0.363 e. The molecule has 2 aromatic heterocycles. The lowest BCUT2D eigenvalue weighted by Gasteiger charge is -2.25. The molecule has 12 heteroatoms. The van der Waals surface area contributed by atoms with Gasteiger partial charge in [0.1, 0.15) is 17.7 Å². The molecule has 2 N–H and O–H groups in total. The zero-order valence-corrected chi connectivity index (χ0v) is 25.3. The van der Waals surface area contributed by atoms with E-state index in [-0.39, 0.29) is 23.8 Å². The molecule has 0 aliphatic carbocycles. The van der Waals surface area contributed by atoms with Crippen molar-refractivity contribution in [3.8, 4) is 0 Å². The lowest BCUT2D eigenvalue weighted by Crippen LogP contribution is -2.46. The third-order valence-corrected chi connectivity index (χ3v) is 7.00. The SMILES string of the molecule is C=NC(=Nc1ccnc(C)n1)N/C(=C(\C)Cl)c1ccc2c(c1)C(=O)N([C@H](C)C(=O)N[C@H](C)c1cccc(N(C)C)n1)C2. The van der Waals surface area contributed by atoms with Gasteiger partial charge < -0.3 is 20.4 Å². The van der Waals surface area contributed by atoms with Crippen molar-refractivity contribution >= 4 is 53.4 Å². The number of rotatable bonds is 8. The Labute approximate surface area is 250 Å². The highest BCUT2D eigenvalue weighted by molar-refractivity contribution is 6.32. The predicted octanol–water partition coefficient (Wildman–Crippen LogP) is 4.37. The van der Waals surface area contributed by atoms with Crippen molar-refractivity contribution < 1.29 is 9.59 Å². The Kier molecular flexibility index (Phi) is 9.31. The Morgan fingerprint density at radius 1 is 1.17 bits per heavy atom. The number of allylic oxidation sites excluding steroid dienone is 1. The van der Waals surface area contributed by atoms with Gasteiger partial charge in [-0.15, -0.1) is 0 Å². The summed E-state index contributed by atoms with van der Waals surface area (Å²) in [4.78, 5) is 51.5. The van der Waals surface area contributed by atoms with Crippen LogP contribution in [0.5, 0.6) is 0 Å². The van der Waals surface area contributed by atoms with Crippen LogP contribution >= 0.6 is 11.6 Å². The average molecular weight is 588 g/mol. The van der Waals surface area contributed by atoms with Gasteiger partial charge in [0.2, 0.25) is 11.9 Å². The van der Waals surface area contributed by atoms with Gasteiger partial charge in [-0.1, -0.05) is 29.8 Å². The summed E-state index contributed by atoms with van der Waals surface area (Å²) in [6.45, 7) is 11.0. The summed E-state index contributed by atoms with van der Waals surface area (Å²) in [5, 5.41) is 6.53. The van der Waals surface area contributed by atoms with Crippen LogP contribution in [0, 0.1) is 6.92 Å². The molecule has 0 bridgehead atoms. The first-order chi connectivity index (χ1) is 20.0. The molecule has 0 fully saturated rings. The first-order valence-corrected chi connectivity index (χ1v) is 13.7. The standard InChI is InChI=1S/C30H34ClN9O2/c1-17(31)27(38-30(32-5)37-25-13-14-33-20(4)35-25)21-11-12-22-16-40(29(42)23(22)15-21)19(3)28(41)34-18(2)24-9-8-10-26(36-24)39(6)7/h8-15,18-19H,5,16H2,1-4,6-7H3,(H,34,41)(H,33,35,37,38)/b27-17+/t18-,19-/m1/s1. The van der Waals surface area contributed by atoms with Crippen LogP contribution in [-0.4, -0.2) is 64.5 Å². The number of aliphatic imine (C=N–C) groups is 2. The Bertz CT molecular complexity index is 1580. The number of pyridine rings is 1. The molecule has 3 aromatic rings. The maximum absolute atomic E-state index is 13.5. The number of halogens is 1. The zero-order valence-electron chi connectivity index (χ0n) is 24.5. The number of aryl methyl sites for hydroxylation is 1. The quantitative estimate of drug-likeness (QED) is 0.296. The summed E-state index contributed by atoms with van der Waals surface area (Å²) >= 11 is 6.46. The van der Waals surface area contributed by atoms with E-state index in [9.17, 15) is 9.59 Å². The molecule has 0 saturated carbocycles. The molecular weight excluding hydrogens is 554 g/mol. The Morgan fingerprint density at radius 3 is 2.60 bits per heavy atom. The molecule has 0 saturated heterocycles. The number of aromatic nitrogens is 3. The summed E-state index contributed by atoms with van der Waals surface area (Å²) in [6, 6.07) is 11.8. The van der Waals surface area contributed by atoms with Gasteiger partial charge in [0.25, 0.3) is 5.91 Å². The van der Waals surface area contributed by atoms with Gasteiger partial charge >= 0.3 is 0 Å². The molecule has 2 atom stereocenters. The lowest BCUT2D eigenvalue weighted by molar-refractivity contribution is -0.125. The highest BCUT2D eigenvalue weighted by Gasteiger charge is 2.34. The van der Waals surface area contributed by atoms with Crippen LogP contribution in [0.15, 0.2) is 63.7 Å². The van der Waals surface area contributed by atoms with Gasteiger partial charge in [0.05, 0.1) is 17.4 Å². The molecule has 4 rings (SSSR count). The van der Waals surface area contributed by atoms with Crippen molar-refractivity contribution in [2.24, 2.45) is 9.98 Å². The van der Waals surface area contributed by atoms with Crippen LogP contribution in [0.25, 0.3) is 5.70 Å². The fraction of sp³-hybridized carbons (Fsp3) is 0.300. The number of hydrogen-bond donors (Lipinski definition) is 2. The highest BCUT2D eigenvalue weighted by atomic mass is 35.5. The molecule has 218 valence electrons. The number of nitrogens with one attached hydrogen (secondary N) is 2. The number of amides is 2. The molecule has 42 heavy (non-hydrogen) atoms. The second-order valence-electron chi connectivity index (χ2n) is 10.1. The number of hydrogen-bond acceptors (Lipinski definition) is 7. The first-order valence-electron chi connectivity index (χ1n) is 13.4. The molecule has 1 aliphatic rings. The van der Waals surface area contributed by atoms with Crippen LogP contribution in [0.3, 0.4) is 0 Å². The van der Waals surface area contributed by atoms with E-state index in [1.165, 1.54) is 0 Å². The Morgan fingerprint density at radius 2 is 1.93 bits per heavy atom. The van der Waals surface area contributed by atoms with Crippen molar-refractivity contribution in [3.63, 3.8) is 0 Å². The topological polar surface area (TPSA) is 128 Å². The van der Waals surface area contributed by atoms with E-state index in [0.29, 0.717) is 40.0 Å². The Balaban J connectivity index is 1.50. The van der Waals surface area contributed by atoms with Gasteiger partial charge in [-0.05, 0) is 58.2 Å². The van der Waals surface area contributed by atoms with Crippen LogP contribution in [0.2, 0.25) is 0 Å². The summed E-state index contributed by atoms with van der Waals surface area (Å²) in [5.74, 6) is 1.45. The van der Waals surface area contributed by atoms with Crippen molar-refractivity contribution in [2.75, 3.05) is 19.0 Å². The first kappa shape index (κ1) is 30.3. The smallest absolute Gasteiger partial charge is 0.255 e. The lowest BCUT2D eigenvalue weighted by atomic mass is 10.0. The van der Waals surface area contributed by atoms with E-state index in [0.717, 1.165) is 17.1 Å². The third-order valence-electron chi connectivity index (χ3n) is 6.81. The monoisotopic (exact) mass is 587 g/mol. The van der Waals surface area contributed by atoms with Gasteiger partial charge in [-0.3, -0.25) is 9.59 Å². The van der Waals surface area contributed by atoms with E-state index in [4.69, 9.17) is 11.6 Å². The fourth-order valence-corrected chi connectivity index (χ4v) is 4.61. The normalized spacial score (nSPS) is 15.0. The molecule has 2 amide bonds. The summed E-state index contributed by atoms with van der Waals surface area (Å²) < 4.78 is 0. The predicted molar refractivity (Wildman–Crippen MR) is 166 cm³/mol. The van der Waals surface area contributed by atoms with E-state index < -0.39 is 6.04 Å². The van der Waals surface area contributed by atoms with Gasteiger partial charge in [-0.25, -0.2) is 19.9 Å². The van der Waals surface area contributed by atoms with Crippen LogP contribution < -0.4 is 15.5 Å². The van der Waals surface area contributed by atoms with Gasteiger partial charge in [0, 0.05) is 49.1 Å². The molecule has 1 aromatic carbocycles. The maximum atomic E-state index is 13.5. The van der Waals surface area contributed by atoms with E-state index >= 15 is 0 Å². The van der Waals surface area contributed by atoms with Crippen molar-refractivity contribution in [1.29, 1.82) is 0 Å². The molecule has 3 heterocycles. The molecule has 1 aliphatic heterocycles. The van der Waals surface area contributed by atoms with Crippen molar-refractivity contribution in [1.82, 2.24) is 30.5 Å². The molecular formula is C30H34ClN9O2. The summed E-state index contributed by atoms with van der Waals surface area (Å²) in [6.07, 6.45) is 1.60. The van der Waals surface area contributed by atoms with Gasteiger partial charge in [0.15, 0.2) is 5.82 Å². The van der Waals surface area contributed by atoms with Crippen molar-refractivity contribution in [3.05, 3.63) is 81.9 Å². The van der Waals surface area contributed by atoms with Crippen molar-refractivity contribution in [2.45, 2.75) is 46.3 Å². The zero-order chi connectivity index (χ0) is 30.6. The largest absolute Gasteiger partial charge is 0.363 e. The molecule has 0 unspecified atom stereocenters. The number of nitrogens with zero attached hydrogens (tertiary/aromatic N) is 7. The van der Waals surface area contributed by atoms with Crippen LogP contribution in [0.1, 0.15) is 59.8 Å². The highest BCUT2D eigenvalue weighted by Crippen LogP contribution is 2.29. The number of benzene rings is 1. The maximum Gasteiger partial charge on any atom is 0.255 e. The third kappa shape index (κ3) is 6.80. The average Bonchev–Trinajstić information content (AvgIpc) is 3.29. The number of carbonyl (C=O) groups is 2. The summed E-state index contributed by atoms with van der Waals surface area (Å²) in [5.41, 5.74) is 3.21. The summed E-state index contributed by atoms with van der Waals surface area (Å²) in [7, 11) is 3.82. The molecule has 0 spiro atoms. The van der Waals surface area contributed by atoms with E-state index in [2.05, 4.69) is 42.3 Å². The van der Waals surface area contributed by atoms with Crippen LogP contribution in [0.4, 0.5) is 11.6 Å².